The van der Waals surface area contributed by atoms with E-state index in [1.807, 2.05) is 0 Å². The molecule has 0 saturated carbocycles. The zero-order valence-electron chi connectivity index (χ0n) is 9.69. The van der Waals surface area contributed by atoms with Gasteiger partial charge in [-0.25, -0.2) is 4.79 Å². The van der Waals surface area contributed by atoms with Gasteiger partial charge in [-0.3, -0.25) is 9.59 Å². The predicted molar refractivity (Wildman–Crippen MR) is 51.9 cm³/mol. The van der Waals surface area contributed by atoms with Crippen LogP contribution in [0, 0.1) is 0 Å². The first kappa shape index (κ1) is 12.8. The largest absolute Gasteiger partial charge is 0.455 e. The van der Waals surface area contributed by atoms with Gasteiger partial charge in [0.05, 0.1) is 0 Å². The van der Waals surface area contributed by atoms with Crippen LogP contribution < -0.4 is 0 Å². The summed E-state index contributed by atoms with van der Waals surface area (Å²) in [5, 5.41) is 9.83. The summed E-state index contributed by atoms with van der Waals surface area (Å²) in [6, 6.07) is 0. The maximum absolute atomic E-state index is 11.4. The molecule has 2 heterocycles. The van der Waals surface area contributed by atoms with E-state index in [0.29, 0.717) is 0 Å². The lowest BCUT2D eigenvalue weighted by atomic mass is 10.0. The van der Waals surface area contributed by atoms with E-state index >= 15 is 0 Å². The van der Waals surface area contributed by atoms with Crippen LogP contribution in [0.15, 0.2) is 0 Å². The van der Waals surface area contributed by atoms with Crippen LogP contribution in [0.2, 0.25) is 0 Å². The van der Waals surface area contributed by atoms with Gasteiger partial charge in [0.25, 0.3) is 0 Å². The van der Waals surface area contributed by atoms with E-state index in [1.54, 1.807) is 0 Å². The summed E-state index contributed by atoms with van der Waals surface area (Å²) < 4.78 is 19.5. The van der Waals surface area contributed by atoms with Crippen molar-refractivity contribution >= 4 is 17.9 Å². The lowest BCUT2D eigenvalue weighted by molar-refractivity contribution is -0.243. The van der Waals surface area contributed by atoms with Crippen LogP contribution in [0.5, 0.6) is 0 Å². The van der Waals surface area contributed by atoms with Crippen LogP contribution in [0.25, 0.3) is 0 Å². The summed E-state index contributed by atoms with van der Waals surface area (Å²) in [6.07, 6.45) is -6.21. The second kappa shape index (κ2) is 4.54. The number of aliphatic hydroxyl groups excluding tert-OH is 1. The van der Waals surface area contributed by atoms with E-state index in [-0.39, 0.29) is 0 Å². The molecule has 8 heteroatoms. The highest BCUT2D eigenvalue weighted by Crippen LogP contribution is 2.32. The number of hydrogen-bond acceptors (Lipinski definition) is 8. The molecule has 18 heavy (non-hydrogen) atoms. The van der Waals surface area contributed by atoms with Gasteiger partial charge in [0.1, 0.15) is 0 Å². The van der Waals surface area contributed by atoms with Crippen molar-refractivity contribution in [3.8, 4) is 0 Å². The Morgan fingerprint density at radius 3 is 2.28 bits per heavy atom. The Morgan fingerprint density at radius 1 is 1.17 bits per heavy atom. The first-order valence-corrected chi connectivity index (χ1v) is 5.28. The molecular weight excluding hydrogens is 248 g/mol. The summed E-state index contributed by atoms with van der Waals surface area (Å²) in [6.45, 7) is 2.27. The number of carbonyl (C=O) groups is 3. The van der Waals surface area contributed by atoms with Gasteiger partial charge in [-0.1, -0.05) is 0 Å². The molecule has 0 aliphatic carbocycles. The van der Waals surface area contributed by atoms with Crippen molar-refractivity contribution in [2.45, 2.75) is 44.6 Å². The Bertz CT molecular complexity index is 391. The van der Waals surface area contributed by atoms with Crippen molar-refractivity contribution in [1.29, 1.82) is 0 Å². The Hall–Kier alpha value is -1.67. The monoisotopic (exact) mass is 260 g/mol. The SMILES string of the molecule is CC(=O)O[C@@H]1[C@@H](O)[C@@H]2OC(=O)[C@@H](O2)[C@@H]1OC(C)=O. The fourth-order valence-corrected chi connectivity index (χ4v) is 1.94. The third-order valence-electron chi connectivity index (χ3n) is 2.59. The molecule has 1 N–H and O–H groups in total. The molecule has 2 bridgehead atoms. The molecule has 0 unspecified atom stereocenters. The number of fused-ring (bicyclic) bond motifs is 2. The Labute approximate surface area is 102 Å². The molecule has 0 amide bonds. The maximum atomic E-state index is 11.4. The van der Waals surface area contributed by atoms with Gasteiger partial charge in [-0.05, 0) is 0 Å². The molecule has 2 rings (SSSR count). The summed E-state index contributed by atoms with van der Waals surface area (Å²) >= 11 is 0. The number of hydrogen-bond donors (Lipinski definition) is 1. The van der Waals surface area contributed by atoms with E-state index in [4.69, 9.17) is 18.9 Å². The lowest BCUT2D eigenvalue weighted by Gasteiger charge is -2.35. The van der Waals surface area contributed by atoms with Crippen LogP contribution in [0.1, 0.15) is 13.8 Å². The average molecular weight is 260 g/mol. The fraction of sp³-hybridized carbons (Fsp3) is 0.700. The smallest absolute Gasteiger partial charge is 0.341 e. The third-order valence-corrected chi connectivity index (χ3v) is 2.59. The van der Waals surface area contributed by atoms with Gasteiger partial charge in [-0.2, -0.15) is 0 Å². The number of carbonyl (C=O) groups excluding carboxylic acids is 3. The Balaban J connectivity index is 2.25. The number of rotatable bonds is 2. The minimum atomic E-state index is -1.40. The highest BCUT2D eigenvalue weighted by molar-refractivity contribution is 5.79. The predicted octanol–water partition coefficient (Wildman–Crippen LogP) is -1.51. The van der Waals surface area contributed by atoms with Crippen molar-refractivity contribution in [1.82, 2.24) is 0 Å². The van der Waals surface area contributed by atoms with Gasteiger partial charge in [-0.15, -0.1) is 0 Å². The number of aliphatic hydroxyl groups is 1. The molecular formula is C10H12O8. The quantitative estimate of drug-likeness (QED) is 0.471. The van der Waals surface area contributed by atoms with Crippen molar-refractivity contribution < 1.29 is 38.4 Å². The molecule has 2 fully saturated rings. The van der Waals surface area contributed by atoms with Crippen LogP contribution >= 0.6 is 0 Å². The Morgan fingerprint density at radius 2 is 1.72 bits per heavy atom. The van der Waals surface area contributed by atoms with E-state index in [0.717, 1.165) is 13.8 Å². The third kappa shape index (κ3) is 2.16. The summed E-state index contributed by atoms with van der Waals surface area (Å²) in [5.41, 5.74) is 0. The second-order valence-electron chi connectivity index (χ2n) is 4.00. The van der Waals surface area contributed by atoms with Crippen molar-refractivity contribution in [2.75, 3.05) is 0 Å². The molecule has 8 nitrogen and oxygen atoms in total. The molecule has 100 valence electrons. The molecule has 0 aromatic rings. The van der Waals surface area contributed by atoms with E-state index in [9.17, 15) is 19.5 Å². The van der Waals surface area contributed by atoms with Crippen LogP contribution in [0.4, 0.5) is 0 Å². The molecule has 0 spiro atoms. The van der Waals surface area contributed by atoms with E-state index < -0.39 is 48.6 Å². The summed E-state index contributed by atoms with van der Waals surface area (Å²) in [7, 11) is 0. The summed E-state index contributed by atoms with van der Waals surface area (Å²) in [4.78, 5) is 33.4. The van der Waals surface area contributed by atoms with Gasteiger partial charge in [0, 0.05) is 13.8 Å². The van der Waals surface area contributed by atoms with Gasteiger partial charge in [0.2, 0.25) is 6.29 Å². The highest BCUT2D eigenvalue weighted by atomic mass is 16.8. The van der Waals surface area contributed by atoms with E-state index in [2.05, 4.69) is 0 Å². The minimum absolute atomic E-state index is 0.676. The normalized spacial score (nSPS) is 37.9. The lowest BCUT2D eigenvalue weighted by Crippen LogP contribution is -2.57. The highest BCUT2D eigenvalue weighted by Gasteiger charge is 2.58. The van der Waals surface area contributed by atoms with Crippen LogP contribution in [-0.4, -0.2) is 53.7 Å². The Kier molecular flexibility index (Phi) is 3.22. The molecule has 0 radical (unpaired) electrons. The number of esters is 3. The molecule has 0 aromatic heterocycles. The maximum Gasteiger partial charge on any atom is 0.341 e. The molecule has 5 atom stereocenters. The zero-order valence-corrected chi connectivity index (χ0v) is 9.69. The van der Waals surface area contributed by atoms with Crippen LogP contribution in [-0.2, 0) is 33.3 Å². The molecule has 2 aliphatic rings. The second-order valence-corrected chi connectivity index (χ2v) is 4.00. The standard InChI is InChI=1S/C10H12O8/c1-3(11)15-6-5(13)10-17-8(9(14)18-10)7(6)16-4(2)12/h5-8,10,13H,1-2H3/t5-,6-,7-,8+,10+/m1/s1. The fourth-order valence-electron chi connectivity index (χ4n) is 1.94. The topological polar surface area (TPSA) is 108 Å². The van der Waals surface area contributed by atoms with Crippen LogP contribution in [0.3, 0.4) is 0 Å². The van der Waals surface area contributed by atoms with E-state index in [1.165, 1.54) is 0 Å². The summed E-state index contributed by atoms with van der Waals surface area (Å²) in [5.74, 6) is -2.13. The average Bonchev–Trinajstić information content (AvgIpc) is 2.59. The minimum Gasteiger partial charge on any atom is -0.455 e. The zero-order chi connectivity index (χ0) is 13.4. The first-order chi connectivity index (χ1) is 8.40. The van der Waals surface area contributed by atoms with Gasteiger partial charge >= 0.3 is 17.9 Å². The van der Waals surface area contributed by atoms with Crippen molar-refractivity contribution in [3.63, 3.8) is 0 Å². The molecule has 2 saturated heterocycles. The molecule has 2 aliphatic heterocycles. The van der Waals surface area contributed by atoms with Gasteiger partial charge in [0.15, 0.2) is 24.4 Å². The first-order valence-electron chi connectivity index (χ1n) is 5.28. The molecule has 0 aromatic carbocycles. The van der Waals surface area contributed by atoms with Gasteiger partial charge < -0.3 is 24.1 Å². The van der Waals surface area contributed by atoms with Crippen molar-refractivity contribution in [3.05, 3.63) is 0 Å². The van der Waals surface area contributed by atoms with Crippen molar-refractivity contribution in [2.24, 2.45) is 0 Å². The number of ether oxygens (including phenoxy) is 4.